The van der Waals surface area contributed by atoms with Crippen LogP contribution in [0.2, 0.25) is 0 Å². The largest absolute Gasteiger partial charge is 0.465 e. The second-order valence-electron chi connectivity index (χ2n) is 6.72. The van der Waals surface area contributed by atoms with Crippen LogP contribution >= 0.6 is 11.3 Å². The molecule has 0 fully saturated rings. The van der Waals surface area contributed by atoms with E-state index >= 15 is 0 Å². The summed E-state index contributed by atoms with van der Waals surface area (Å²) in [5.41, 5.74) is 1.32. The Kier molecular flexibility index (Phi) is 6.27. The topological polar surface area (TPSA) is 92.8 Å². The van der Waals surface area contributed by atoms with Crippen LogP contribution in [0.3, 0.4) is 0 Å². The molecule has 0 aliphatic carbocycles. The summed E-state index contributed by atoms with van der Waals surface area (Å²) >= 11 is 0.937. The van der Waals surface area contributed by atoms with Crippen LogP contribution in [0.1, 0.15) is 34.6 Å². The molecule has 7 nitrogen and oxygen atoms in total. The SMILES string of the molecule is CC=C(C)C(=O)N1CCc2c(sc(S(=O)(=O)Nc3ccc(F)cc3)c2C(=O)OC)C1. The molecule has 1 aromatic carbocycles. The molecule has 1 N–H and O–H groups in total. The molecule has 10 heteroatoms. The molecule has 0 spiro atoms. The van der Waals surface area contributed by atoms with Crippen LogP contribution in [0.25, 0.3) is 0 Å². The summed E-state index contributed by atoms with van der Waals surface area (Å²) in [6.45, 7) is 4.06. The predicted molar refractivity (Wildman–Crippen MR) is 111 cm³/mol. The van der Waals surface area contributed by atoms with E-state index in [0.717, 1.165) is 23.5 Å². The fraction of sp³-hybridized carbons (Fsp3) is 0.300. The van der Waals surface area contributed by atoms with Gasteiger partial charge in [0.1, 0.15) is 5.82 Å². The van der Waals surface area contributed by atoms with Crippen molar-refractivity contribution in [3.05, 3.63) is 57.7 Å². The van der Waals surface area contributed by atoms with Gasteiger partial charge in [0.2, 0.25) is 5.91 Å². The van der Waals surface area contributed by atoms with E-state index in [1.165, 1.54) is 19.2 Å². The number of hydrogen-bond acceptors (Lipinski definition) is 6. The summed E-state index contributed by atoms with van der Waals surface area (Å²) in [5, 5.41) is 0. The van der Waals surface area contributed by atoms with Gasteiger partial charge in [-0.2, -0.15) is 0 Å². The minimum Gasteiger partial charge on any atom is -0.465 e. The third-order valence-electron chi connectivity index (χ3n) is 4.81. The number of thiophene rings is 1. The van der Waals surface area contributed by atoms with Crippen molar-refractivity contribution in [1.29, 1.82) is 0 Å². The Labute approximate surface area is 178 Å². The molecule has 0 unspecified atom stereocenters. The zero-order chi connectivity index (χ0) is 22.1. The van der Waals surface area contributed by atoms with E-state index in [4.69, 9.17) is 4.74 Å². The lowest BCUT2D eigenvalue weighted by atomic mass is 10.0. The highest BCUT2D eigenvalue weighted by atomic mass is 32.2. The standard InChI is InChI=1S/C20H21FN2O5S2/c1-4-12(2)18(24)23-10-9-15-16(11-23)29-20(17(15)19(25)28-3)30(26,27)22-14-7-5-13(21)6-8-14/h4-8,22H,9-11H2,1-3H3. The fourth-order valence-corrected chi connectivity index (χ4v) is 6.10. The molecule has 1 aliphatic rings. The zero-order valence-corrected chi connectivity index (χ0v) is 18.3. The van der Waals surface area contributed by atoms with Crippen molar-refractivity contribution in [3.63, 3.8) is 0 Å². The Bertz CT molecular complexity index is 1120. The molecule has 0 saturated carbocycles. The molecule has 0 radical (unpaired) electrons. The third kappa shape index (κ3) is 4.24. The maximum atomic E-state index is 13.1. The first kappa shape index (κ1) is 22.0. The Morgan fingerprint density at radius 2 is 1.93 bits per heavy atom. The number of sulfonamides is 1. The first-order valence-electron chi connectivity index (χ1n) is 9.11. The van der Waals surface area contributed by atoms with Gasteiger partial charge in [-0.15, -0.1) is 11.3 Å². The van der Waals surface area contributed by atoms with Gasteiger partial charge in [0.05, 0.1) is 19.2 Å². The van der Waals surface area contributed by atoms with Gasteiger partial charge < -0.3 is 9.64 Å². The van der Waals surface area contributed by atoms with Crippen molar-refractivity contribution in [3.8, 4) is 0 Å². The Balaban J connectivity index is 2.01. The van der Waals surface area contributed by atoms with E-state index in [9.17, 15) is 22.4 Å². The molecule has 160 valence electrons. The van der Waals surface area contributed by atoms with E-state index in [-0.39, 0.29) is 27.9 Å². The number of amides is 1. The zero-order valence-electron chi connectivity index (χ0n) is 16.7. The van der Waals surface area contributed by atoms with Crippen LogP contribution in [-0.4, -0.2) is 38.8 Å². The number of rotatable bonds is 5. The predicted octanol–water partition coefficient (Wildman–Crippen LogP) is 3.33. The Morgan fingerprint density at radius 3 is 2.53 bits per heavy atom. The highest BCUT2D eigenvalue weighted by Crippen LogP contribution is 2.37. The molecule has 0 saturated heterocycles. The molecule has 2 aromatic rings. The van der Waals surface area contributed by atoms with Crippen LogP contribution in [-0.2, 0) is 32.5 Å². The number of carbonyl (C=O) groups excluding carboxylic acids is 2. The summed E-state index contributed by atoms with van der Waals surface area (Å²) in [6, 6.07) is 4.84. The molecule has 0 atom stereocenters. The number of methoxy groups -OCH3 is 1. The second-order valence-corrected chi connectivity index (χ2v) is 9.70. The number of benzene rings is 1. The average molecular weight is 453 g/mol. The number of fused-ring (bicyclic) bond motifs is 1. The van der Waals surface area contributed by atoms with E-state index in [0.29, 0.717) is 29.0 Å². The average Bonchev–Trinajstić information content (AvgIpc) is 3.13. The number of hydrogen-bond donors (Lipinski definition) is 1. The van der Waals surface area contributed by atoms with Crippen molar-refractivity contribution in [1.82, 2.24) is 4.90 Å². The van der Waals surface area contributed by atoms with Gasteiger partial charge in [-0.25, -0.2) is 17.6 Å². The summed E-state index contributed by atoms with van der Waals surface area (Å²) in [6.07, 6.45) is 2.06. The van der Waals surface area contributed by atoms with Gasteiger partial charge in [-0.1, -0.05) is 6.08 Å². The number of allylic oxidation sites excluding steroid dienone is 1. The van der Waals surface area contributed by atoms with Crippen molar-refractivity contribution >= 4 is 38.9 Å². The third-order valence-corrected chi connectivity index (χ3v) is 7.93. The Hall–Kier alpha value is -2.72. The summed E-state index contributed by atoms with van der Waals surface area (Å²) in [7, 11) is -2.95. The minimum absolute atomic E-state index is 0.0121. The lowest BCUT2D eigenvalue weighted by Crippen LogP contribution is -2.36. The van der Waals surface area contributed by atoms with Crippen LogP contribution in [0, 0.1) is 5.82 Å². The molecular formula is C20H21FN2O5S2. The highest BCUT2D eigenvalue weighted by molar-refractivity contribution is 7.94. The quantitative estimate of drug-likeness (QED) is 0.555. The molecule has 3 rings (SSSR count). The van der Waals surface area contributed by atoms with E-state index in [1.807, 2.05) is 0 Å². The molecule has 2 heterocycles. The van der Waals surface area contributed by atoms with Crippen LogP contribution < -0.4 is 4.72 Å². The first-order valence-corrected chi connectivity index (χ1v) is 11.4. The van der Waals surface area contributed by atoms with Crippen molar-refractivity contribution in [2.75, 3.05) is 18.4 Å². The van der Waals surface area contributed by atoms with Crippen LogP contribution in [0.4, 0.5) is 10.1 Å². The van der Waals surface area contributed by atoms with E-state index in [2.05, 4.69) is 4.72 Å². The number of anilines is 1. The number of halogens is 1. The normalized spacial score (nSPS) is 14.3. The van der Waals surface area contributed by atoms with Gasteiger partial charge in [-0.3, -0.25) is 9.52 Å². The van der Waals surface area contributed by atoms with Crippen molar-refractivity contribution in [2.24, 2.45) is 0 Å². The maximum Gasteiger partial charge on any atom is 0.340 e. The lowest BCUT2D eigenvalue weighted by molar-refractivity contribution is -0.127. The van der Waals surface area contributed by atoms with Gasteiger partial charge in [0, 0.05) is 22.7 Å². The van der Waals surface area contributed by atoms with Crippen LogP contribution in [0.5, 0.6) is 0 Å². The molecule has 30 heavy (non-hydrogen) atoms. The van der Waals surface area contributed by atoms with Crippen LogP contribution in [0.15, 0.2) is 40.1 Å². The molecular weight excluding hydrogens is 431 g/mol. The molecule has 1 aromatic heterocycles. The number of nitrogens with one attached hydrogen (secondary N) is 1. The summed E-state index contributed by atoms with van der Waals surface area (Å²) in [5.74, 6) is -1.39. The molecule has 1 amide bonds. The first-order chi connectivity index (χ1) is 14.2. The van der Waals surface area contributed by atoms with Crippen molar-refractivity contribution < 1.29 is 27.1 Å². The fourth-order valence-electron chi connectivity index (χ4n) is 3.14. The highest BCUT2D eigenvalue weighted by Gasteiger charge is 2.35. The maximum absolute atomic E-state index is 13.1. The summed E-state index contributed by atoms with van der Waals surface area (Å²) in [4.78, 5) is 27.2. The minimum atomic E-state index is -4.13. The number of carbonyl (C=O) groups is 2. The molecule has 0 bridgehead atoms. The van der Waals surface area contributed by atoms with E-state index < -0.39 is 21.8 Å². The number of ether oxygens (including phenoxy) is 1. The monoisotopic (exact) mass is 452 g/mol. The van der Waals surface area contributed by atoms with Gasteiger partial charge in [-0.05, 0) is 50.1 Å². The van der Waals surface area contributed by atoms with Gasteiger partial charge >= 0.3 is 5.97 Å². The second kappa shape index (κ2) is 8.57. The lowest BCUT2D eigenvalue weighted by Gasteiger charge is -2.27. The van der Waals surface area contributed by atoms with E-state index in [1.54, 1.807) is 24.8 Å². The van der Waals surface area contributed by atoms with Crippen molar-refractivity contribution in [2.45, 2.75) is 31.0 Å². The summed E-state index contributed by atoms with van der Waals surface area (Å²) < 4.78 is 46.2. The number of nitrogens with zero attached hydrogens (tertiary/aromatic N) is 1. The number of esters is 1. The smallest absolute Gasteiger partial charge is 0.340 e. The molecule has 1 aliphatic heterocycles. The van der Waals surface area contributed by atoms with Gasteiger partial charge in [0.15, 0.2) is 4.21 Å². The van der Waals surface area contributed by atoms with Gasteiger partial charge in [0.25, 0.3) is 10.0 Å². The Morgan fingerprint density at radius 1 is 1.27 bits per heavy atom.